The van der Waals surface area contributed by atoms with Gasteiger partial charge in [-0.3, -0.25) is 4.79 Å². The van der Waals surface area contributed by atoms with E-state index in [2.05, 4.69) is 10.2 Å². The molecular weight excluding hydrogens is 446 g/mol. The molecule has 1 aromatic rings. The number of benzene rings is 1. The summed E-state index contributed by atoms with van der Waals surface area (Å²) in [5, 5.41) is 13.6. The summed E-state index contributed by atoms with van der Waals surface area (Å²) in [7, 11) is 0. The number of hydrogen-bond acceptors (Lipinski definition) is 4. The Bertz CT molecular complexity index is 1030. The molecule has 4 fully saturated rings. The van der Waals surface area contributed by atoms with Gasteiger partial charge in [0.15, 0.2) is 5.11 Å². The third kappa shape index (κ3) is 3.25. The van der Waals surface area contributed by atoms with Crippen molar-refractivity contribution in [2.24, 2.45) is 5.92 Å². The van der Waals surface area contributed by atoms with Crippen molar-refractivity contribution in [3.8, 4) is 6.07 Å². The second kappa shape index (κ2) is 8.20. The van der Waals surface area contributed by atoms with E-state index in [1.165, 1.54) is 37.0 Å². The van der Waals surface area contributed by atoms with Crippen LogP contribution in [0.25, 0.3) is 0 Å². The maximum Gasteiger partial charge on any atom is 0.332 e. The maximum absolute atomic E-state index is 13.4. The summed E-state index contributed by atoms with van der Waals surface area (Å²) in [6.07, 6.45) is 7.14. The first kappa shape index (κ1) is 21.5. The number of anilines is 1. The second-order valence-electron chi connectivity index (χ2n) is 9.29. The molecule has 3 amide bonds. The molecule has 0 spiro atoms. The van der Waals surface area contributed by atoms with Crippen molar-refractivity contribution in [1.82, 2.24) is 15.1 Å². The van der Waals surface area contributed by atoms with Crippen molar-refractivity contribution in [2.45, 2.75) is 63.6 Å². The largest absolute Gasteiger partial charge is 0.362 e. The predicted molar refractivity (Wildman–Crippen MR) is 125 cm³/mol. The Balaban J connectivity index is 1.33. The summed E-state index contributed by atoms with van der Waals surface area (Å²) in [6, 6.07) is 4.24. The molecule has 3 aliphatic heterocycles. The van der Waals surface area contributed by atoms with Crippen molar-refractivity contribution in [2.75, 3.05) is 18.0 Å². The van der Waals surface area contributed by atoms with Crippen molar-refractivity contribution in [3.05, 3.63) is 28.3 Å². The first-order valence-electron chi connectivity index (χ1n) is 11.3. The average Bonchev–Trinajstić information content (AvgIpc) is 3.47. The number of carbonyl (C=O) groups excluding carboxylic acids is 2. The number of carbonyl (C=O) groups is 2. The molecule has 1 saturated carbocycles. The maximum atomic E-state index is 13.4. The molecule has 1 aliphatic carbocycles. The van der Waals surface area contributed by atoms with Gasteiger partial charge in [0.2, 0.25) is 0 Å². The van der Waals surface area contributed by atoms with E-state index in [-0.39, 0.29) is 29.0 Å². The van der Waals surface area contributed by atoms with Crippen LogP contribution >= 0.6 is 23.8 Å². The Morgan fingerprint density at radius 2 is 2.03 bits per heavy atom. The Hall–Kier alpha value is -2.37. The number of nitrogens with zero attached hydrogens (tertiary/aromatic N) is 4. The predicted octanol–water partition coefficient (Wildman–Crippen LogP) is 3.57. The molecule has 0 aromatic heterocycles. The zero-order valence-electron chi connectivity index (χ0n) is 18.0. The first-order chi connectivity index (χ1) is 15.4. The number of nitrogens with one attached hydrogen (secondary N) is 1. The fourth-order valence-corrected chi connectivity index (χ4v) is 6.34. The molecule has 168 valence electrons. The van der Waals surface area contributed by atoms with Crippen molar-refractivity contribution in [1.29, 1.82) is 5.26 Å². The summed E-state index contributed by atoms with van der Waals surface area (Å²) < 4.78 is 0. The van der Waals surface area contributed by atoms with Crippen LogP contribution < -0.4 is 10.2 Å². The fourth-order valence-electron chi connectivity index (χ4n) is 5.84. The lowest BCUT2D eigenvalue weighted by Gasteiger charge is -2.37. The van der Waals surface area contributed by atoms with Gasteiger partial charge in [-0.2, -0.15) is 5.26 Å². The van der Waals surface area contributed by atoms with Crippen LogP contribution in [0.15, 0.2) is 12.1 Å². The smallest absolute Gasteiger partial charge is 0.332 e. The van der Waals surface area contributed by atoms with Gasteiger partial charge in [0, 0.05) is 13.1 Å². The third-order valence-corrected chi connectivity index (χ3v) is 8.38. The van der Waals surface area contributed by atoms with Gasteiger partial charge in [0.25, 0.3) is 5.91 Å². The second-order valence-corrected chi connectivity index (χ2v) is 10.1. The summed E-state index contributed by atoms with van der Waals surface area (Å²) in [4.78, 5) is 31.8. The van der Waals surface area contributed by atoms with Crippen LogP contribution in [0.1, 0.15) is 49.7 Å². The molecule has 7 nitrogen and oxygen atoms in total. The molecule has 2 unspecified atom stereocenters. The van der Waals surface area contributed by atoms with E-state index in [9.17, 15) is 14.9 Å². The Kier molecular flexibility index (Phi) is 5.50. The van der Waals surface area contributed by atoms with Gasteiger partial charge in [-0.05, 0) is 62.0 Å². The van der Waals surface area contributed by atoms with Crippen LogP contribution in [0.5, 0.6) is 0 Å². The number of amides is 3. The van der Waals surface area contributed by atoms with E-state index < -0.39 is 6.04 Å². The van der Waals surface area contributed by atoms with Gasteiger partial charge in [-0.15, -0.1) is 0 Å². The molecule has 32 heavy (non-hydrogen) atoms. The van der Waals surface area contributed by atoms with E-state index in [0.717, 1.165) is 13.0 Å². The van der Waals surface area contributed by atoms with E-state index in [1.54, 1.807) is 24.0 Å². The number of imide groups is 1. The standard InChI is InChI=1S/C23H26ClN5O2S/c1-13-17(8-7-15(10-25)19(13)24)29-21(30)20-18-9-16(28(20)23(29)31)12-27(18)22(32)26-11-14-5-3-2-4-6-14/h7-8,14,16,18,20H,2-6,9,11-12H2,1H3,(H,26,32)/t16-,18?,20?/m1/s1. The highest BCUT2D eigenvalue weighted by Gasteiger charge is 2.62. The quantitative estimate of drug-likeness (QED) is 0.536. The molecule has 3 saturated heterocycles. The Morgan fingerprint density at radius 3 is 2.75 bits per heavy atom. The zero-order chi connectivity index (χ0) is 22.6. The SMILES string of the molecule is Cc1c(N2C(=O)C3C4C[C@H](CN4C(=S)NCC4CCCCC4)N3C2=O)ccc(C#N)c1Cl. The van der Waals surface area contributed by atoms with Gasteiger partial charge in [-0.1, -0.05) is 30.9 Å². The van der Waals surface area contributed by atoms with E-state index >= 15 is 0 Å². The average molecular weight is 472 g/mol. The number of rotatable bonds is 3. The minimum absolute atomic E-state index is 0.0324. The molecular formula is C23H26ClN5O2S. The van der Waals surface area contributed by atoms with Gasteiger partial charge in [0.05, 0.1) is 28.4 Å². The Morgan fingerprint density at radius 1 is 1.28 bits per heavy atom. The monoisotopic (exact) mass is 471 g/mol. The Labute approximate surface area is 198 Å². The molecule has 5 rings (SSSR count). The zero-order valence-corrected chi connectivity index (χ0v) is 19.6. The third-order valence-electron chi connectivity index (χ3n) is 7.51. The number of halogens is 1. The minimum Gasteiger partial charge on any atom is -0.362 e. The van der Waals surface area contributed by atoms with Crippen molar-refractivity contribution >= 4 is 46.6 Å². The molecule has 9 heteroatoms. The molecule has 1 N–H and O–H groups in total. The van der Waals surface area contributed by atoms with E-state index in [1.807, 2.05) is 6.07 Å². The van der Waals surface area contributed by atoms with E-state index in [0.29, 0.717) is 34.4 Å². The fraction of sp³-hybridized carbons (Fsp3) is 0.565. The lowest BCUT2D eigenvalue weighted by atomic mass is 9.89. The molecule has 1 aromatic carbocycles. The normalized spacial score (nSPS) is 27.2. The minimum atomic E-state index is -0.538. The first-order valence-corrected chi connectivity index (χ1v) is 12.1. The van der Waals surface area contributed by atoms with Gasteiger partial charge >= 0.3 is 6.03 Å². The molecule has 4 aliphatic rings. The van der Waals surface area contributed by atoms with Crippen LogP contribution in [-0.4, -0.2) is 58.1 Å². The van der Waals surface area contributed by atoms with Crippen LogP contribution in [0.2, 0.25) is 5.02 Å². The summed E-state index contributed by atoms with van der Waals surface area (Å²) in [6.45, 7) is 3.26. The van der Waals surface area contributed by atoms with E-state index in [4.69, 9.17) is 23.8 Å². The number of hydrogen-bond donors (Lipinski definition) is 1. The summed E-state index contributed by atoms with van der Waals surface area (Å²) in [5.74, 6) is 0.415. The van der Waals surface area contributed by atoms with Gasteiger partial charge < -0.3 is 15.1 Å². The van der Waals surface area contributed by atoms with Crippen LogP contribution in [0, 0.1) is 24.2 Å². The summed E-state index contributed by atoms with van der Waals surface area (Å²) >= 11 is 12.0. The molecule has 2 bridgehead atoms. The van der Waals surface area contributed by atoms with Crippen LogP contribution in [0.3, 0.4) is 0 Å². The number of piperazine rings is 1. The lowest BCUT2D eigenvalue weighted by Crippen LogP contribution is -2.57. The van der Waals surface area contributed by atoms with Crippen molar-refractivity contribution in [3.63, 3.8) is 0 Å². The molecule has 3 heterocycles. The lowest BCUT2D eigenvalue weighted by molar-refractivity contribution is -0.120. The van der Waals surface area contributed by atoms with Crippen LogP contribution in [-0.2, 0) is 4.79 Å². The highest BCUT2D eigenvalue weighted by Crippen LogP contribution is 2.43. The number of thiocarbonyl (C=S) groups is 1. The number of fused-ring (bicyclic) bond motifs is 5. The number of urea groups is 1. The topological polar surface area (TPSA) is 79.7 Å². The molecule has 0 radical (unpaired) electrons. The molecule has 3 atom stereocenters. The summed E-state index contributed by atoms with van der Waals surface area (Å²) in [5.41, 5.74) is 1.33. The number of likely N-dealkylation sites (tertiary alicyclic amines) is 1. The van der Waals surface area contributed by atoms with Gasteiger partial charge in [0.1, 0.15) is 12.1 Å². The highest BCUT2D eigenvalue weighted by atomic mass is 35.5. The van der Waals surface area contributed by atoms with Crippen LogP contribution in [0.4, 0.5) is 10.5 Å². The van der Waals surface area contributed by atoms with Gasteiger partial charge in [-0.25, -0.2) is 9.69 Å². The number of nitriles is 1. The van der Waals surface area contributed by atoms with Crippen molar-refractivity contribution < 1.29 is 9.59 Å². The highest BCUT2D eigenvalue weighted by molar-refractivity contribution is 7.80.